The monoisotopic (exact) mass is 206 g/mol. The fraction of sp³-hybridized carbons (Fsp3) is 0.125. The minimum Gasteiger partial charge on any atom is -0.115 e. The molecule has 0 heterocycles. The summed E-state index contributed by atoms with van der Waals surface area (Å²) in [5.74, 6) is 2.74. The molecule has 0 aliphatic rings. The Kier molecular flexibility index (Phi) is 2.79. The number of benzene rings is 2. The van der Waals surface area contributed by atoms with Crippen LogP contribution >= 0.6 is 0 Å². The van der Waals surface area contributed by atoms with E-state index in [0.29, 0.717) is 0 Å². The van der Waals surface area contributed by atoms with E-state index in [-0.39, 0.29) is 0 Å². The third kappa shape index (κ3) is 1.99. The summed E-state index contributed by atoms with van der Waals surface area (Å²) in [5.41, 5.74) is 5.77. The molecule has 0 spiro atoms. The van der Waals surface area contributed by atoms with Gasteiger partial charge >= 0.3 is 0 Å². The molecule has 0 heteroatoms. The average molecular weight is 206 g/mol. The SMILES string of the molecule is C#Cc1ccc(C)cc1-c1ccc(C)cc1. The van der Waals surface area contributed by atoms with Crippen LogP contribution in [0.25, 0.3) is 11.1 Å². The fourth-order valence-electron chi connectivity index (χ4n) is 1.76. The normalized spacial score (nSPS) is 9.81. The molecule has 0 saturated carbocycles. The molecule has 0 radical (unpaired) electrons. The van der Waals surface area contributed by atoms with Gasteiger partial charge in [-0.05, 0) is 31.0 Å². The molecule has 0 amide bonds. The number of rotatable bonds is 1. The Labute approximate surface area is 96.9 Å². The van der Waals surface area contributed by atoms with Crippen LogP contribution in [0.1, 0.15) is 16.7 Å². The van der Waals surface area contributed by atoms with Crippen molar-refractivity contribution >= 4 is 0 Å². The van der Waals surface area contributed by atoms with Gasteiger partial charge in [-0.2, -0.15) is 0 Å². The maximum absolute atomic E-state index is 5.52. The molecule has 0 aromatic heterocycles. The van der Waals surface area contributed by atoms with Gasteiger partial charge in [0.1, 0.15) is 0 Å². The summed E-state index contributed by atoms with van der Waals surface area (Å²) in [4.78, 5) is 0. The zero-order chi connectivity index (χ0) is 11.5. The van der Waals surface area contributed by atoms with Gasteiger partial charge in [0.05, 0.1) is 0 Å². The van der Waals surface area contributed by atoms with Crippen LogP contribution < -0.4 is 0 Å². The van der Waals surface area contributed by atoms with Crippen molar-refractivity contribution < 1.29 is 0 Å². The van der Waals surface area contributed by atoms with Crippen molar-refractivity contribution in [2.24, 2.45) is 0 Å². The van der Waals surface area contributed by atoms with Crippen molar-refractivity contribution in [2.75, 3.05) is 0 Å². The van der Waals surface area contributed by atoms with E-state index in [4.69, 9.17) is 6.42 Å². The van der Waals surface area contributed by atoms with Gasteiger partial charge in [-0.15, -0.1) is 6.42 Å². The molecule has 78 valence electrons. The minimum atomic E-state index is 0.953. The molecule has 2 rings (SSSR count). The van der Waals surface area contributed by atoms with Gasteiger partial charge in [0.15, 0.2) is 0 Å². The number of hydrogen-bond acceptors (Lipinski definition) is 0. The topological polar surface area (TPSA) is 0 Å². The summed E-state index contributed by atoms with van der Waals surface area (Å²) in [6, 6.07) is 14.6. The van der Waals surface area contributed by atoms with E-state index in [0.717, 1.165) is 11.1 Å². The molecule has 0 bridgehead atoms. The quantitative estimate of drug-likeness (QED) is 0.620. The fourth-order valence-corrected chi connectivity index (χ4v) is 1.76. The molecule has 2 aromatic rings. The van der Waals surface area contributed by atoms with Crippen molar-refractivity contribution in [3.63, 3.8) is 0 Å². The van der Waals surface area contributed by atoms with Crippen molar-refractivity contribution in [1.29, 1.82) is 0 Å². The molecule has 0 N–H and O–H groups in total. The highest BCUT2D eigenvalue weighted by molar-refractivity contribution is 5.71. The Morgan fingerprint density at radius 1 is 0.875 bits per heavy atom. The van der Waals surface area contributed by atoms with E-state index in [1.54, 1.807) is 0 Å². The number of hydrogen-bond donors (Lipinski definition) is 0. The number of aryl methyl sites for hydroxylation is 2. The van der Waals surface area contributed by atoms with E-state index >= 15 is 0 Å². The van der Waals surface area contributed by atoms with Gasteiger partial charge < -0.3 is 0 Å². The number of terminal acetylenes is 1. The van der Waals surface area contributed by atoms with Crippen LogP contribution in [-0.4, -0.2) is 0 Å². The molecule has 2 aromatic carbocycles. The lowest BCUT2D eigenvalue weighted by Gasteiger charge is -2.06. The summed E-state index contributed by atoms with van der Waals surface area (Å²) < 4.78 is 0. The largest absolute Gasteiger partial charge is 0.115 e. The summed E-state index contributed by atoms with van der Waals surface area (Å²) >= 11 is 0. The first kappa shape index (κ1) is 10.5. The zero-order valence-electron chi connectivity index (χ0n) is 9.62. The van der Waals surface area contributed by atoms with Gasteiger partial charge in [0.25, 0.3) is 0 Å². The van der Waals surface area contributed by atoms with Crippen LogP contribution in [0.4, 0.5) is 0 Å². The van der Waals surface area contributed by atoms with Gasteiger partial charge in [-0.25, -0.2) is 0 Å². The highest BCUT2D eigenvalue weighted by Crippen LogP contribution is 2.24. The first-order valence-corrected chi connectivity index (χ1v) is 5.35. The second-order valence-electron chi connectivity index (χ2n) is 4.06. The first-order chi connectivity index (χ1) is 7.70. The Balaban J connectivity index is 2.59. The molecular formula is C16H14. The van der Waals surface area contributed by atoms with Crippen molar-refractivity contribution in [3.05, 3.63) is 59.2 Å². The van der Waals surface area contributed by atoms with Crippen LogP contribution in [-0.2, 0) is 0 Å². The predicted octanol–water partition coefficient (Wildman–Crippen LogP) is 3.95. The molecule has 0 fully saturated rings. The maximum Gasteiger partial charge on any atom is 0.0321 e. The minimum absolute atomic E-state index is 0.953. The molecule has 0 nitrogen and oxygen atoms in total. The van der Waals surface area contributed by atoms with Crippen LogP contribution in [0.5, 0.6) is 0 Å². The van der Waals surface area contributed by atoms with E-state index in [9.17, 15) is 0 Å². The van der Waals surface area contributed by atoms with Crippen LogP contribution in [0.15, 0.2) is 42.5 Å². The van der Waals surface area contributed by atoms with Crippen LogP contribution in [0, 0.1) is 26.2 Å². The lowest BCUT2D eigenvalue weighted by atomic mass is 9.97. The van der Waals surface area contributed by atoms with Crippen LogP contribution in [0.2, 0.25) is 0 Å². The van der Waals surface area contributed by atoms with E-state index < -0.39 is 0 Å². The highest BCUT2D eigenvalue weighted by atomic mass is 14.1. The van der Waals surface area contributed by atoms with Crippen molar-refractivity contribution in [3.8, 4) is 23.5 Å². The summed E-state index contributed by atoms with van der Waals surface area (Å²) in [6.07, 6.45) is 5.52. The second kappa shape index (κ2) is 4.24. The molecule has 0 atom stereocenters. The summed E-state index contributed by atoms with van der Waals surface area (Å²) in [7, 11) is 0. The standard InChI is InChI=1S/C16H14/c1-4-14-8-7-13(3)11-16(14)15-9-5-12(2)6-10-15/h1,5-11H,2-3H3. The maximum atomic E-state index is 5.52. The molecular weight excluding hydrogens is 192 g/mol. The Hall–Kier alpha value is -2.00. The highest BCUT2D eigenvalue weighted by Gasteiger charge is 2.03. The van der Waals surface area contributed by atoms with Crippen LogP contribution in [0.3, 0.4) is 0 Å². The lowest BCUT2D eigenvalue weighted by molar-refractivity contribution is 1.43. The predicted molar refractivity (Wildman–Crippen MR) is 69.3 cm³/mol. The third-order valence-corrected chi connectivity index (χ3v) is 2.69. The van der Waals surface area contributed by atoms with Crippen molar-refractivity contribution in [1.82, 2.24) is 0 Å². The Morgan fingerprint density at radius 2 is 1.50 bits per heavy atom. The average Bonchev–Trinajstić information content (AvgIpc) is 2.30. The molecule has 0 aliphatic heterocycles. The third-order valence-electron chi connectivity index (χ3n) is 2.69. The Morgan fingerprint density at radius 3 is 2.12 bits per heavy atom. The van der Waals surface area contributed by atoms with Gasteiger partial charge in [0, 0.05) is 5.56 Å². The smallest absolute Gasteiger partial charge is 0.0321 e. The first-order valence-electron chi connectivity index (χ1n) is 5.35. The molecule has 0 unspecified atom stereocenters. The molecule has 0 aliphatic carbocycles. The second-order valence-corrected chi connectivity index (χ2v) is 4.06. The van der Waals surface area contributed by atoms with Gasteiger partial charge in [-0.1, -0.05) is 53.4 Å². The van der Waals surface area contributed by atoms with E-state index in [1.807, 2.05) is 12.1 Å². The van der Waals surface area contributed by atoms with Crippen molar-refractivity contribution in [2.45, 2.75) is 13.8 Å². The van der Waals surface area contributed by atoms with Gasteiger partial charge in [0.2, 0.25) is 0 Å². The molecule has 0 saturated heterocycles. The lowest BCUT2D eigenvalue weighted by Crippen LogP contribution is -1.86. The molecule has 16 heavy (non-hydrogen) atoms. The Bertz CT molecular complexity index is 539. The van der Waals surface area contributed by atoms with Gasteiger partial charge in [-0.3, -0.25) is 0 Å². The van der Waals surface area contributed by atoms with E-state index in [2.05, 4.69) is 50.1 Å². The summed E-state index contributed by atoms with van der Waals surface area (Å²) in [5, 5.41) is 0. The summed E-state index contributed by atoms with van der Waals surface area (Å²) in [6.45, 7) is 4.17. The zero-order valence-corrected chi connectivity index (χ0v) is 9.62. The van der Waals surface area contributed by atoms with E-state index in [1.165, 1.54) is 16.7 Å².